The molecule has 254 valence electrons. The standard InChI is InChI=1S/C37H42BrN3O6S/c1-6-27(3)39-37(43)33(22-28-11-8-7-9-12-28)40(24-29-13-10-14-30(38)21-29)36(42)25-41(31-17-20-34(46-4)35(23-31)47-5)48(44,45)32-18-15-26(2)16-19-32/h7-21,23,27,33H,6,22,24-25H2,1-5H3,(H,39,43)/t27-,33+/m0/s1. The Morgan fingerprint density at radius 2 is 1.52 bits per heavy atom. The lowest BCUT2D eigenvalue weighted by atomic mass is 10.0. The van der Waals surface area contributed by atoms with Gasteiger partial charge in [0.05, 0.1) is 24.8 Å². The number of nitrogens with one attached hydrogen (secondary N) is 1. The fourth-order valence-corrected chi connectivity index (χ4v) is 7.03. The van der Waals surface area contributed by atoms with Gasteiger partial charge in [0, 0.05) is 29.5 Å². The zero-order valence-electron chi connectivity index (χ0n) is 27.9. The molecule has 4 aromatic carbocycles. The van der Waals surface area contributed by atoms with Crippen LogP contribution in [0.25, 0.3) is 0 Å². The third-order valence-corrected chi connectivity index (χ3v) is 10.3. The van der Waals surface area contributed by atoms with Crippen LogP contribution in [0.2, 0.25) is 0 Å². The fourth-order valence-electron chi connectivity index (χ4n) is 5.17. The summed E-state index contributed by atoms with van der Waals surface area (Å²) in [6.45, 7) is 5.22. The number of halogens is 1. The van der Waals surface area contributed by atoms with Gasteiger partial charge in [0.2, 0.25) is 11.8 Å². The van der Waals surface area contributed by atoms with Crippen molar-refractivity contribution < 1.29 is 27.5 Å². The third kappa shape index (κ3) is 9.17. The van der Waals surface area contributed by atoms with E-state index in [1.807, 2.05) is 75.4 Å². The molecule has 0 bridgehead atoms. The van der Waals surface area contributed by atoms with Crippen LogP contribution in [-0.2, 0) is 32.6 Å². The molecule has 0 spiro atoms. The summed E-state index contributed by atoms with van der Waals surface area (Å²) in [6.07, 6.45) is 0.926. The molecule has 2 amide bonds. The Bertz CT molecular complexity index is 1800. The van der Waals surface area contributed by atoms with E-state index in [9.17, 15) is 18.0 Å². The Morgan fingerprint density at radius 3 is 2.15 bits per heavy atom. The van der Waals surface area contributed by atoms with Gasteiger partial charge in [0.1, 0.15) is 12.6 Å². The number of anilines is 1. The molecule has 0 saturated heterocycles. The summed E-state index contributed by atoms with van der Waals surface area (Å²) in [7, 11) is -1.33. The summed E-state index contributed by atoms with van der Waals surface area (Å²) >= 11 is 3.51. The Balaban J connectivity index is 1.85. The van der Waals surface area contributed by atoms with Crippen LogP contribution < -0.4 is 19.1 Å². The number of hydrogen-bond acceptors (Lipinski definition) is 6. The van der Waals surface area contributed by atoms with Crippen molar-refractivity contribution in [2.75, 3.05) is 25.1 Å². The highest BCUT2D eigenvalue weighted by Gasteiger charge is 2.35. The first kappa shape index (κ1) is 36.5. The van der Waals surface area contributed by atoms with Crippen molar-refractivity contribution in [2.45, 2.75) is 57.1 Å². The predicted molar refractivity (Wildman–Crippen MR) is 192 cm³/mol. The van der Waals surface area contributed by atoms with Crippen LogP contribution in [0.1, 0.15) is 37.0 Å². The SMILES string of the molecule is CC[C@H](C)NC(=O)[C@@H](Cc1ccccc1)N(Cc1cccc(Br)c1)C(=O)CN(c1ccc(OC)c(OC)c1)S(=O)(=O)c1ccc(C)cc1. The van der Waals surface area contributed by atoms with E-state index in [4.69, 9.17) is 9.47 Å². The van der Waals surface area contributed by atoms with Gasteiger partial charge in [-0.1, -0.05) is 83.0 Å². The molecule has 0 fully saturated rings. The molecule has 0 saturated carbocycles. The van der Waals surface area contributed by atoms with Crippen LogP contribution in [0, 0.1) is 6.92 Å². The summed E-state index contributed by atoms with van der Waals surface area (Å²) in [5.74, 6) is -0.176. The molecular weight excluding hydrogens is 694 g/mol. The van der Waals surface area contributed by atoms with Gasteiger partial charge in [-0.2, -0.15) is 0 Å². The third-order valence-electron chi connectivity index (χ3n) is 8.06. The van der Waals surface area contributed by atoms with Crippen molar-refractivity contribution >= 4 is 43.5 Å². The van der Waals surface area contributed by atoms with E-state index < -0.39 is 28.5 Å². The molecule has 0 aliphatic rings. The number of rotatable bonds is 15. The van der Waals surface area contributed by atoms with Crippen LogP contribution in [0.4, 0.5) is 5.69 Å². The first-order valence-corrected chi connectivity index (χ1v) is 17.9. The molecule has 0 heterocycles. The zero-order chi connectivity index (χ0) is 34.8. The highest BCUT2D eigenvalue weighted by Crippen LogP contribution is 2.34. The number of benzene rings is 4. The van der Waals surface area contributed by atoms with E-state index in [0.29, 0.717) is 17.9 Å². The molecule has 2 atom stereocenters. The van der Waals surface area contributed by atoms with E-state index in [2.05, 4.69) is 21.2 Å². The lowest BCUT2D eigenvalue weighted by Crippen LogP contribution is -2.54. The number of ether oxygens (including phenoxy) is 2. The van der Waals surface area contributed by atoms with Crippen LogP contribution in [0.15, 0.2) is 106 Å². The second kappa shape index (κ2) is 16.7. The second-order valence-corrected chi connectivity index (χ2v) is 14.3. The fraction of sp³-hybridized carbons (Fsp3) is 0.297. The summed E-state index contributed by atoms with van der Waals surface area (Å²) in [4.78, 5) is 30.2. The minimum atomic E-state index is -4.27. The average molecular weight is 737 g/mol. The van der Waals surface area contributed by atoms with Crippen molar-refractivity contribution in [3.63, 3.8) is 0 Å². The topological polar surface area (TPSA) is 105 Å². The minimum absolute atomic E-state index is 0.0181. The quantitative estimate of drug-likeness (QED) is 0.149. The molecule has 9 nitrogen and oxygen atoms in total. The molecule has 4 rings (SSSR count). The van der Waals surface area contributed by atoms with Gasteiger partial charge in [-0.15, -0.1) is 0 Å². The number of hydrogen-bond donors (Lipinski definition) is 1. The van der Waals surface area contributed by atoms with Crippen molar-refractivity contribution in [2.24, 2.45) is 0 Å². The molecule has 0 aliphatic heterocycles. The predicted octanol–water partition coefficient (Wildman–Crippen LogP) is 6.52. The Hall–Kier alpha value is -4.35. The molecule has 4 aromatic rings. The number of carbonyl (C=O) groups is 2. The van der Waals surface area contributed by atoms with Crippen LogP contribution in [0.3, 0.4) is 0 Å². The smallest absolute Gasteiger partial charge is 0.264 e. The Labute approximate surface area is 292 Å². The van der Waals surface area contributed by atoms with Crippen molar-refractivity contribution in [1.29, 1.82) is 0 Å². The number of sulfonamides is 1. The van der Waals surface area contributed by atoms with Crippen molar-refractivity contribution in [1.82, 2.24) is 10.2 Å². The maximum atomic E-state index is 14.7. The lowest BCUT2D eigenvalue weighted by molar-refractivity contribution is -0.140. The van der Waals surface area contributed by atoms with Gasteiger partial charge in [0.15, 0.2) is 11.5 Å². The Kier molecular flexibility index (Phi) is 12.7. The van der Waals surface area contributed by atoms with Gasteiger partial charge < -0.3 is 19.7 Å². The number of aryl methyl sites for hydroxylation is 1. The van der Waals surface area contributed by atoms with Crippen molar-refractivity contribution in [3.05, 3.63) is 118 Å². The number of nitrogens with zero attached hydrogens (tertiary/aromatic N) is 2. The van der Waals surface area contributed by atoms with E-state index in [-0.39, 0.29) is 35.5 Å². The molecular formula is C37H42BrN3O6S. The number of amides is 2. The monoisotopic (exact) mass is 735 g/mol. The van der Waals surface area contributed by atoms with Crippen molar-refractivity contribution in [3.8, 4) is 11.5 Å². The van der Waals surface area contributed by atoms with Gasteiger partial charge in [-0.05, 0) is 67.8 Å². The maximum absolute atomic E-state index is 14.7. The normalized spacial score (nSPS) is 12.5. The van der Waals surface area contributed by atoms with E-state index >= 15 is 0 Å². The summed E-state index contributed by atoms with van der Waals surface area (Å²) in [6, 6.07) is 27.0. The lowest BCUT2D eigenvalue weighted by Gasteiger charge is -2.34. The van der Waals surface area contributed by atoms with Crippen LogP contribution in [0.5, 0.6) is 11.5 Å². The largest absolute Gasteiger partial charge is 0.493 e. The van der Waals surface area contributed by atoms with E-state index in [1.54, 1.807) is 24.3 Å². The molecule has 0 aliphatic carbocycles. The molecule has 0 unspecified atom stereocenters. The second-order valence-electron chi connectivity index (χ2n) is 11.5. The molecule has 0 radical (unpaired) electrons. The Morgan fingerprint density at radius 1 is 0.854 bits per heavy atom. The first-order chi connectivity index (χ1) is 23.0. The van der Waals surface area contributed by atoms with Crippen LogP contribution >= 0.6 is 15.9 Å². The molecule has 11 heteroatoms. The number of carbonyl (C=O) groups excluding carboxylic acids is 2. The molecule has 0 aromatic heterocycles. The highest BCUT2D eigenvalue weighted by molar-refractivity contribution is 9.10. The van der Waals surface area contributed by atoms with Gasteiger partial charge in [-0.25, -0.2) is 8.42 Å². The maximum Gasteiger partial charge on any atom is 0.264 e. The zero-order valence-corrected chi connectivity index (χ0v) is 30.3. The van der Waals surface area contributed by atoms with E-state index in [0.717, 1.165) is 25.5 Å². The number of methoxy groups -OCH3 is 2. The summed E-state index contributed by atoms with van der Waals surface area (Å²) in [5.41, 5.74) is 2.72. The minimum Gasteiger partial charge on any atom is -0.493 e. The molecule has 48 heavy (non-hydrogen) atoms. The van der Waals surface area contributed by atoms with E-state index in [1.165, 1.54) is 37.3 Å². The summed E-state index contributed by atoms with van der Waals surface area (Å²) < 4.78 is 41.4. The van der Waals surface area contributed by atoms with Gasteiger partial charge >= 0.3 is 0 Å². The summed E-state index contributed by atoms with van der Waals surface area (Å²) in [5, 5.41) is 3.05. The average Bonchev–Trinajstić information content (AvgIpc) is 3.08. The molecule has 1 N–H and O–H groups in total. The first-order valence-electron chi connectivity index (χ1n) is 15.7. The van der Waals surface area contributed by atoms with Crippen LogP contribution in [-0.4, -0.2) is 58.0 Å². The van der Waals surface area contributed by atoms with Gasteiger partial charge in [-0.3, -0.25) is 13.9 Å². The van der Waals surface area contributed by atoms with Gasteiger partial charge in [0.25, 0.3) is 10.0 Å². The highest BCUT2D eigenvalue weighted by atomic mass is 79.9.